The van der Waals surface area contributed by atoms with E-state index >= 15 is 0 Å². The molecular weight excluding hydrogens is 283 g/mol. The van der Waals surface area contributed by atoms with Crippen LogP contribution in [-0.4, -0.2) is 22.1 Å². The van der Waals surface area contributed by atoms with Gasteiger partial charge in [-0.25, -0.2) is 9.07 Å². The molecule has 0 fully saturated rings. The van der Waals surface area contributed by atoms with Gasteiger partial charge in [0.25, 0.3) is 0 Å². The first-order chi connectivity index (χ1) is 10.7. The second-order valence-corrected chi connectivity index (χ2v) is 4.71. The van der Waals surface area contributed by atoms with Crippen LogP contribution in [0.15, 0.2) is 48.5 Å². The third-order valence-corrected chi connectivity index (χ3v) is 3.33. The SMILES string of the molecule is COc1cccc(-c2c(CN)nnn2-c2cccc(F)c2)c1. The summed E-state index contributed by atoms with van der Waals surface area (Å²) in [6, 6.07) is 13.7. The third-order valence-electron chi connectivity index (χ3n) is 3.33. The van der Waals surface area contributed by atoms with Gasteiger partial charge in [-0.1, -0.05) is 23.4 Å². The molecule has 0 amide bonds. The highest BCUT2D eigenvalue weighted by Crippen LogP contribution is 2.28. The van der Waals surface area contributed by atoms with Crippen molar-refractivity contribution in [3.63, 3.8) is 0 Å². The molecule has 0 radical (unpaired) electrons. The van der Waals surface area contributed by atoms with Crippen LogP contribution >= 0.6 is 0 Å². The molecule has 0 unspecified atom stereocenters. The standard InChI is InChI=1S/C16H15FN4O/c1-22-14-7-2-4-11(8-14)16-15(10-18)19-20-21(16)13-6-3-5-12(17)9-13/h2-9H,10,18H2,1H3. The van der Waals surface area contributed by atoms with Crippen molar-refractivity contribution < 1.29 is 9.13 Å². The predicted molar refractivity (Wildman–Crippen MR) is 81.2 cm³/mol. The molecule has 0 spiro atoms. The summed E-state index contributed by atoms with van der Waals surface area (Å²) in [5, 5.41) is 8.21. The van der Waals surface area contributed by atoms with Crippen molar-refractivity contribution in [2.45, 2.75) is 6.54 Å². The molecule has 0 aliphatic heterocycles. The summed E-state index contributed by atoms with van der Waals surface area (Å²) in [6.45, 7) is 0.238. The molecule has 2 N–H and O–H groups in total. The lowest BCUT2D eigenvalue weighted by Crippen LogP contribution is -2.03. The quantitative estimate of drug-likeness (QED) is 0.804. The maximum absolute atomic E-state index is 13.5. The van der Waals surface area contributed by atoms with Gasteiger partial charge in [0, 0.05) is 12.1 Å². The Kier molecular flexibility index (Phi) is 3.84. The molecule has 0 bridgehead atoms. The van der Waals surface area contributed by atoms with Gasteiger partial charge in [-0.2, -0.15) is 0 Å². The van der Waals surface area contributed by atoms with Crippen molar-refractivity contribution in [2.75, 3.05) is 7.11 Å². The number of nitrogens with two attached hydrogens (primary N) is 1. The van der Waals surface area contributed by atoms with Crippen molar-refractivity contribution in [1.82, 2.24) is 15.0 Å². The van der Waals surface area contributed by atoms with Crippen molar-refractivity contribution in [2.24, 2.45) is 5.73 Å². The molecule has 2 aromatic carbocycles. The number of hydrogen-bond donors (Lipinski definition) is 1. The molecule has 0 saturated heterocycles. The lowest BCUT2D eigenvalue weighted by molar-refractivity contribution is 0.415. The minimum atomic E-state index is -0.334. The van der Waals surface area contributed by atoms with Gasteiger partial charge < -0.3 is 10.5 Å². The van der Waals surface area contributed by atoms with Gasteiger partial charge in [-0.3, -0.25) is 0 Å². The average Bonchev–Trinajstić information content (AvgIpc) is 2.99. The molecule has 0 aliphatic rings. The van der Waals surface area contributed by atoms with E-state index < -0.39 is 0 Å². The van der Waals surface area contributed by atoms with Gasteiger partial charge in [0.2, 0.25) is 0 Å². The Hall–Kier alpha value is -2.73. The number of aromatic nitrogens is 3. The highest BCUT2D eigenvalue weighted by atomic mass is 19.1. The van der Waals surface area contributed by atoms with Crippen molar-refractivity contribution in [3.8, 4) is 22.7 Å². The summed E-state index contributed by atoms with van der Waals surface area (Å²) >= 11 is 0. The number of halogens is 1. The zero-order valence-electron chi connectivity index (χ0n) is 12.0. The summed E-state index contributed by atoms with van der Waals surface area (Å²) in [4.78, 5) is 0. The lowest BCUT2D eigenvalue weighted by atomic mass is 10.1. The van der Waals surface area contributed by atoms with Gasteiger partial charge in [-0.15, -0.1) is 5.10 Å². The normalized spacial score (nSPS) is 10.7. The maximum atomic E-state index is 13.5. The van der Waals surface area contributed by atoms with Gasteiger partial charge in [0.1, 0.15) is 17.3 Å². The van der Waals surface area contributed by atoms with Crippen LogP contribution in [0.3, 0.4) is 0 Å². The van der Waals surface area contributed by atoms with E-state index in [1.54, 1.807) is 23.9 Å². The number of nitrogens with zero attached hydrogens (tertiary/aromatic N) is 3. The fourth-order valence-corrected chi connectivity index (χ4v) is 2.30. The van der Waals surface area contributed by atoms with Gasteiger partial charge >= 0.3 is 0 Å². The van der Waals surface area contributed by atoms with Crippen molar-refractivity contribution in [3.05, 3.63) is 60.0 Å². The smallest absolute Gasteiger partial charge is 0.125 e. The second kappa shape index (κ2) is 5.95. The van der Waals surface area contributed by atoms with Crippen molar-refractivity contribution >= 4 is 0 Å². The Labute approximate surface area is 127 Å². The van der Waals surface area contributed by atoms with E-state index in [4.69, 9.17) is 10.5 Å². The summed E-state index contributed by atoms with van der Waals surface area (Å²) < 4.78 is 20.3. The van der Waals surface area contributed by atoms with Crippen LogP contribution < -0.4 is 10.5 Å². The van der Waals surface area contributed by atoms with Crippen LogP contribution in [0.25, 0.3) is 16.9 Å². The van der Waals surface area contributed by atoms with Crippen LogP contribution in [0.5, 0.6) is 5.75 Å². The number of benzene rings is 2. The molecule has 5 nitrogen and oxygen atoms in total. The first kappa shape index (κ1) is 14.2. The predicted octanol–water partition coefficient (Wildman–Crippen LogP) is 2.54. The van der Waals surface area contributed by atoms with E-state index in [0.717, 1.165) is 11.3 Å². The number of hydrogen-bond acceptors (Lipinski definition) is 4. The Balaban J connectivity index is 2.19. The van der Waals surface area contributed by atoms with E-state index in [1.807, 2.05) is 24.3 Å². The average molecular weight is 298 g/mol. The minimum Gasteiger partial charge on any atom is -0.497 e. The largest absolute Gasteiger partial charge is 0.497 e. The van der Waals surface area contributed by atoms with Crippen LogP contribution in [0.1, 0.15) is 5.69 Å². The first-order valence-electron chi connectivity index (χ1n) is 6.78. The van der Waals surface area contributed by atoms with Crippen molar-refractivity contribution in [1.29, 1.82) is 0 Å². The van der Waals surface area contributed by atoms with Gasteiger partial charge in [-0.05, 0) is 30.3 Å². The fourth-order valence-electron chi connectivity index (χ4n) is 2.30. The van der Waals surface area contributed by atoms with E-state index in [0.29, 0.717) is 17.1 Å². The maximum Gasteiger partial charge on any atom is 0.125 e. The molecule has 1 heterocycles. The molecule has 0 aliphatic carbocycles. The molecule has 0 atom stereocenters. The lowest BCUT2D eigenvalue weighted by Gasteiger charge is -2.09. The van der Waals surface area contributed by atoms with E-state index in [-0.39, 0.29) is 12.4 Å². The summed E-state index contributed by atoms with van der Waals surface area (Å²) in [7, 11) is 1.60. The second-order valence-electron chi connectivity index (χ2n) is 4.71. The van der Waals surface area contributed by atoms with E-state index in [9.17, 15) is 4.39 Å². The molecule has 0 saturated carbocycles. The molecule has 3 rings (SSSR count). The first-order valence-corrected chi connectivity index (χ1v) is 6.78. The Morgan fingerprint density at radius 3 is 2.73 bits per heavy atom. The zero-order valence-corrected chi connectivity index (χ0v) is 12.0. The summed E-state index contributed by atoms with van der Waals surface area (Å²) in [5.74, 6) is 0.381. The van der Waals surface area contributed by atoms with Crippen LogP contribution in [0.4, 0.5) is 4.39 Å². The fraction of sp³-hybridized carbons (Fsp3) is 0.125. The molecule has 1 aromatic heterocycles. The van der Waals surface area contributed by atoms with Crippen LogP contribution in [0.2, 0.25) is 0 Å². The third kappa shape index (κ3) is 2.56. The Morgan fingerprint density at radius 2 is 2.00 bits per heavy atom. The molecule has 3 aromatic rings. The van der Waals surface area contributed by atoms with Crippen LogP contribution in [0, 0.1) is 5.82 Å². The summed E-state index contributed by atoms with van der Waals surface area (Å²) in [5.41, 5.74) is 8.57. The monoisotopic (exact) mass is 298 g/mol. The zero-order chi connectivity index (χ0) is 15.5. The minimum absolute atomic E-state index is 0.238. The number of rotatable bonds is 4. The Morgan fingerprint density at radius 1 is 1.18 bits per heavy atom. The topological polar surface area (TPSA) is 66.0 Å². The van der Waals surface area contributed by atoms with Gasteiger partial charge in [0.15, 0.2) is 0 Å². The molecular formula is C16H15FN4O. The van der Waals surface area contributed by atoms with Gasteiger partial charge in [0.05, 0.1) is 18.5 Å². The highest BCUT2D eigenvalue weighted by Gasteiger charge is 2.16. The van der Waals surface area contributed by atoms with E-state index in [1.165, 1.54) is 12.1 Å². The molecule has 22 heavy (non-hydrogen) atoms. The number of ether oxygens (including phenoxy) is 1. The molecule has 6 heteroatoms. The number of methoxy groups -OCH3 is 1. The van der Waals surface area contributed by atoms with Crippen LogP contribution in [-0.2, 0) is 6.54 Å². The Bertz CT molecular complexity index is 800. The highest BCUT2D eigenvalue weighted by molar-refractivity contribution is 5.66. The molecule has 112 valence electrons. The van der Waals surface area contributed by atoms with E-state index in [2.05, 4.69) is 10.3 Å². The summed E-state index contributed by atoms with van der Waals surface area (Å²) in [6.07, 6.45) is 0.